The van der Waals surface area contributed by atoms with Gasteiger partial charge < -0.3 is 9.80 Å². The van der Waals surface area contributed by atoms with Gasteiger partial charge in [0.2, 0.25) is 5.91 Å². The predicted molar refractivity (Wildman–Crippen MR) is 95.6 cm³/mol. The maximum atomic E-state index is 12.6. The van der Waals surface area contributed by atoms with Crippen LogP contribution in [0, 0.1) is 0 Å². The van der Waals surface area contributed by atoms with Crippen molar-refractivity contribution in [1.29, 1.82) is 0 Å². The van der Waals surface area contributed by atoms with Crippen LogP contribution < -0.4 is 0 Å². The van der Waals surface area contributed by atoms with Crippen LogP contribution in [-0.2, 0) is 18.3 Å². The molecule has 24 heavy (non-hydrogen) atoms. The van der Waals surface area contributed by atoms with Gasteiger partial charge in [0.25, 0.3) is 0 Å². The molecule has 1 aromatic heterocycles. The number of aryl methyl sites for hydroxylation is 1. The predicted octanol–water partition coefficient (Wildman–Crippen LogP) is 2.18. The molecule has 1 aliphatic heterocycles. The molecule has 0 saturated carbocycles. The van der Waals surface area contributed by atoms with Gasteiger partial charge in [-0.15, -0.1) is 0 Å². The van der Waals surface area contributed by atoms with Crippen molar-refractivity contribution in [1.82, 2.24) is 19.6 Å². The number of piperidine rings is 1. The first-order valence-electron chi connectivity index (χ1n) is 8.55. The number of rotatable bonds is 4. The molecule has 1 amide bonds. The summed E-state index contributed by atoms with van der Waals surface area (Å²) in [5, 5.41) is 4.22. The van der Waals surface area contributed by atoms with Crippen molar-refractivity contribution in [3.63, 3.8) is 0 Å². The average molecular weight is 326 g/mol. The quantitative estimate of drug-likeness (QED) is 0.865. The fourth-order valence-electron chi connectivity index (χ4n) is 3.35. The molecule has 0 bridgehead atoms. The van der Waals surface area contributed by atoms with Crippen LogP contribution in [0.2, 0.25) is 0 Å². The van der Waals surface area contributed by atoms with E-state index in [4.69, 9.17) is 0 Å². The first-order chi connectivity index (χ1) is 11.5. The summed E-state index contributed by atoms with van der Waals surface area (Å²) in [7, 11) is 6.15. The fraction of sp³-hybridized carbons (Fsp3) is 0.474. The molecule has 1 fully saturated rings. The molecule has 2 heterocycles. The lowest BCUT2D eigenvalue weighted by Gasteiger charge is -2.35. The third-order valence-corrected chi connectivity index (χ3v) is 4.87. The van der Waals surface area contributed by atoms with Gasteiger partial charge >= 0.3 is 0 Å². The fourth-order valence-corrected chi connectivity index (χ4v) is 3.35. The van der Waals surface area contributed by atoms with E-state index in [9.17, 15) is 4.79 Å². The third kappa shape index (κ3) is 3.85. The topological polar surface area (TPSA) is 41.4 Å². The van der Waals surface area contributed by atoms with Crippen molar-refractivity contribution in [2.24, 2.45) is 7.05 Å². The molecule has 128 valence electrons. The number of benzene rings is 1. The van der Waals surface area contributed by atoms with E-state index in [1.165, 1.54) is 0 Å². The summed E-state index contributed by atoms with van der Waals surface area (Å²) in [6, 6.07) is 8.81. The van der Waals surface area contributed by atoms with Crippen LogP contribution in [0.1, 0.15) is 18.4 Å². The number of carbonyl (C=O) groups excluding carboxylic acids is 1. The van der Waals surface area contributed by atoms with Crippen LogP contribution in [0.5, 0.6) is 0 Å². The highest BCUT2D eigenvalue weighted by molar-refractivity contribution is 5.79. The smallest absolute Gasteiger partial charge is 0.226 e. The lowest BCUT2D eigenvalue weighted by Crippen LogP contribution is -2.44. The Hall–Kier alpha value is -2.14. The van der Waals surface area contributed by atoms with Crippen LogP contribution in [0.4, 0.5) is 0 Å². The molecule has 0 aliphatic carbocycles. The Morgan fingerprint density at radius 2 is 2.00 bits per heavy atom. The second-order valence-corrected chi connectivity index (χ2v) is 6.86. The summed E-state index contributed by atoms with van der Waals surface area (Å²) < 4.78 is 1.79. The summed E-state index contributed by atoms with van der Waals surface area (Å²) in [5.74, 6) is 0.232. The first-order valence-corrected chi connectivity index (χ1v) is 8.55. The molecule has 5 nitrogen and oxygen atoms in total. The van der Waals surface area contributed by atoms with Gasteiger partial charge in [-0.2, -0.15) is 5.10 Å². The molecule has 1 aliphatic rings. The molecule has 2 aromatic rings. The van der Waals surface area contributed by atoms with E-state index in [1.54, 1.807) is 4.68 Å². The standard InChI is InChI=1S/C19H26N4O/c1-21(2)18-7-9-23(10-8-18)19(24)12-15-5-4-6-16(11-15)17-13-20-22(3)14-17/h4-6,11,13-14,18H,7-10,12H2,1-3H3. The van der Waals surface area contributed by atoms with Gasteiger partial charge in [0.15, 0.2) is 0 Å². The monoisotopic (exact) mass is 326 g/mol. The van der Waals surface area contributed by atoms with E-state index in [0.29, 0.717) is 12.5 Å². The molecule has 0 unspecified atom stereocenters. The lowest BCUT2D eigenvalue weighted by molar-refractivity contribution is -0.131. The number of amides is 1. The van der Waals surface area contributed by atoms with Gasteiger partial charge in [-0.1, -0.05) is 24.3 Å². The Kier molecular flexibility index (Phi) is 5.00. The zero-order chi connectivity index (χ0) is 17.1. The second-order valence-electron chi connectivity index (χ2n) is 6.86. The van der Waals surface area contributed by atoms with Crippen LogP contribution >= 0.6 is 0 Å². The molecular weight excluding hydrogens is 300 g/mol. The Balaban J connectivity index is 1.63. The van der Waals surface area contributed by atoms with Crippen molar-refractivity contribution in [3.05, 3.63) is 42.2 Å². The minimum Gasteiger partial charge on any atom is -0.342 e. The largest absolute Gasteiger partial charge is 0.342 e. The Bertz CT molecular complexity index is 699. The van der Waals surface area contributed by atoms with Gasteiger partial charge in [0.05, 0.1) is 12.6 Å². The lowest BCUT2D eigenvalue weighted by atomic mass is 10.0. The molecule has 5 heteroatoms. The van der Waals surface area contributed by atoms with Crippen molar-refractivity contribution < 1.29 is 4.79 Å². The highest BCUT2D eigenvalue weighted by atomic mass is 16.2. The van der Waals surface area contributed by atoms with E-state index in [-0.39, 0.29) is 5.91 Å². The van der Waals surface area contributed by atoms with Gasteiger partial charge in [0.1, 0.15) is 0 Å². The summed E-state index contributed by atoms with van der Waals surface area (Å²) in [5.41, 5.74) is 3.26. The van der Waals surface area contributed by atoms with Crippen molar-refractivity contribution in [2.45, 2.75) is 25.3 Å². The van der Waals surface area contributed by atoms with Crippen LogP contribution in [0.25, 0.3) is 11.1 Å². The average Bonchev–Trinajstić information content (AvgIpc) is 3.02. The maximum Gasteiger partial charge on any atom is 0.226 e. The number of hydrogen-bond donors (Lipinski definition) is 0. The van der Waals surface area contributed by atoms with Crippen molar-refractivity contribution in [3.8, 4) is 11.1 Å². The van der Waals surface area contributed by atoms with Gasteiger partial charge in [0, 0.05) is 37.9 Å². The van der Waals surface area contributed by atoms with Gasteiger partial charge in [-0.05, 0) is 38.1 Å². The number of carbonyl (C=O) groups is 1. The molecular formula is C19H26N4O. The first kappa shape index (κ1) is 16.7. The highest BCUT2D eigenvalue weighted by Gasteiger charge is 2.23. The zero-order valence-corrected chi connectivity index (χ0v) is 14.8. The van der Waals surface area contributed by atoms with Gasteiger partial charge in [-0.3, -0.25) is 9.48 Å². The van der Waals surface area contributed by atoms with E-state index in [1.807, 2.05) is 36.5 Å². The maximum absolute atomic E-state index is 12.6. The summed E-state index contributed by atoms with van der Waals surface area (Å²) in [6.07, 6.45) is 6.45. The van der Waals surface area contributed by atoms with E-state index < -0.39 is 0 Å². The Morgan fingerprint density at radius 1 is 1.25 bits per heavy atom. The molecule has 0 spiro atoms. The number of aromatic nitrogens is 2. The van der Waals surface area contributed by atoms with Crippen LogP contribution in [-0.4, -0.2) is 58.7 Å². The van der Waals surface area contributed by atoms with Crippen LogP contribution in [0.15, 0.2) is 36.7 Å². The Labute approximate surface area is 143 Å². The molecule has 1 saturated heterocycles. The zero-order valence-electron chi connectivity index (χ0n) is 14.8. The number of nitrogens with zero attached hydrogens (tertiary/aromatic N) is 4. The van der Waals surface area contributed by atoms with Crippen molar-refractivity contribution in [2.75, 3.05) is 27.2 Å². The summed E-state index contributed by atoms with van der Waals surface area (Å²) in [4.78, 5) is 16.9. The minimum absolute atomic E-state index is 0.232. The SMILES string of the molecule is CN(C)C1CCN(C(=O)Cc2cccc(-c3cnn(C)c3)c2)CC1. The van der Waals surface area contributed by atoms with E-state index in [0.717, 1.165) is 42.6 Å². The molecule has 0 N–H and O–H groups in total. The number of likely N-dealkylation sites (tertiary alicyclic amines) is 1. The van der Waals surface area contributed by atoms with Crippen molar-refractivity contribution >= 4 is 5.91 Å². The second kappa shape index (κ2) is 7.18. The normalized spacial score (nSPS) is 15.9. The molecule has 0 atom stereocenters. The molecule has 3 rings (SSSR count). The minimum atomic E-state index is 0.232. The van der Waals surface area contributed by atoms with E-state index >= 15 is 0 Å². The van der Waals surface area contributed by atoms with Crippen LogP contribution in [0.3, 0.4) is 0 Å². The highest BCUT2D eigenvalue weighted by Crippen LogP contribution is 2.21. The molecule has 1 aromatic carbocycles. The summed E-state index contributed by atoms with van der Waals surface area (Å²) >= 11 is 0. The number of hydrogen-bond acceptors (Lipinski definition) is 3. The molecule has 0 radical (unpaired) electrons. The van der Waals surface area contributed by atoms with E-state index in [2.05, 4.69) is 36.2 Å². The Morgan fingerprint density at radius 3 is 2.62 bits per heavy atom. The van der Waals surface area contributed by atoms with Gasteiger partial charge in [-0.25, -0.2) is 0 Å². The summed E-state index contributed by atoms with van der Waals surface area (Å²) in [6.45, 7) is 1.73. The third-order valence-electron chi connectivity index (χ3n) is 4.87.